The highest BCUT2D eigenvalue weighted by molar-refractivity contribution is 5.14. The Labute approximate surface area is 103 Å². The van der Waals surface area contributed by atoms with Crippen molar-refractivity contribution in [1.29, 1.82) is 0 Å². The van der Waals surface area contributed by atoms with Crippen LogP contribution in [0.1, 0.15) is 25.8 Å². The average molecular weight is 235 g/mol. The lowest BCUT2D eigenvalue weighted by Crippen LogP contribution is -2.53. The fourth-order valence-electron chi connectivity index (χ4n) is 2.50. The lowest BCUT2D eigenvalue weighted by molar-refractivity contribution is -0.135. The third-order valence-electron chi connectivity index (χ3n) is 3.77. The van der Waals surface area contributed by atoms with E-state index in [1.165, 1.54) is 5.56 Å². The van der Waals surface area contributed by atoms with E-state index >= 15 is 0 Å². The van der Waals surface area contributed by atoms with Crippen LogP contribution in [0.3, 0.4) is 0 Å². The summed E-state index contributed by atoms with van der Waals surface area (Å²) in [6.07, 6.45) is -0.230. The van der Waals surface area contributed by atoms with Gasteiger partial charge in [0.15, 0.2) is 0 Å². The van der Waals surface area contributed by atoms with Gasteiger partial charge < -0.3 is 10.2 Å². The second-order valence-corrected chi connectivity index (χ2v) is 5.08. The molecule has 1 heterocycles. The molecule has 1 aliphatic heterocycles. The number of hydrogen-bond donors (Lipinski definition) is 2. The van der Waals surface area contributed by atoms with E-state index in [2.05, 4.69) is 24.0 Å². The number of rotatable bonds is 2. The molecule has 1 aliphatic rings. The Morgan fingerprint density at radius 1 is 1.18 bits per heavy atom. The van der Waals surface area contributed by atoms with Gasteiger partial charge >= 0.3 is 0 Å². The highest BCUT2D eigenvalue weighted by Crippen LogP contribution is 2.28. The van der Waals surface area contributed by atoms with E-state index < -0.39 is 12.3 Å². The third-order valence-corrected chi connectivity index (χ3v) is 3.77. The molecule has 1 aromatic carbocycles. The van der Waals surface area contributed by atoms with Gasteiger partial charge in [-0.3, -0.25) is 4.90 Å². The average Bonchev–Trinajstić information content (AvgIpc) is 2.33. The smallest absolute Gasteiger partial charge is 0.112 e. The van der Waals surface area contributed by atoms with Crippen LogP contribution in [0.2, 0.25) is 0 Å². The van der Waals surface area contributed by atoms with E-state index in [0.29, 0.717) is 0 Å². The molecule has 0 aromatic heterocycles. The zero-order valence-corrected chi connectivity index (χ0v) is 10.5. The Morgan fingerprint density at radius 3 is 2.47 bits per heavy atom. The molecule has 3 nitrogen and oxygen atoms in total. The zero-order valence-electron chi connectivity index (χ0n) is 10.5. The van der Waals surface area contributed by atoms with Crippen molar-refractivity contribution < 1.29 is 10.2 Å². The maximum absolute atomic E-state index is 10.2. The Morgan fingerprint density at radius 2 is 1.82 bits per heavy atom. The summed E-state index contributed by atoms with van der Waals surface area (Å²) in [5.41, 5.74) is 1.20. The van der Waals surface area contributed by atoms with Crippen molar-refractivity contribution in [2.75, 3.05) is 0 Å². The lowest BCUT2D eigenvalue weighted by Gasteiger charge is -2.43. The second kappa shape index (κ2) is 5.17. The normalized spacial score (nSPS) is 34.8. The number of aliphatic hydroxyl groups excluding tert-OH is 2. The summed E-state index contributed by atoms with van der Waals surface area (Å²) in [6, 6.07) is 10.3. The van der Waals surface area contributed by atoms with Crippen LogP contribution in [0.25, 0.3) is 0 Å². The minimum atomic E-state index is -0.561. The zero-order chi connectivity index (χ0) is 12.4. The molecule has 0 bridgehead atoms. The summed E-state index contributed by atoms with van der Waals surface area (Å²) in [5, 5.41) is 20.0. The van der Waals surface area contributed by atoms with Crippen LogP contribution in [0.4, 0.5) is 0 Å². The van der Waals surface area contributed by atoms with Crippen LogP contribution in [-0.2, 0) is 6.54 Å². The van der Waals surface area contributed by atoms with Gasteiger partial charge in [-0.1, -0.05) is 37.3 Å². The summed E-state index contributed by atoms with van der Waals surface area (Å²) in [4.78, 5) is 2.06. The molecule has 0 saturated carbocycles. The molecule has 0 aliphatic carbocycles. The van der Waals surface area contributed by atoms with Crippen LogP contribution >= 0.6 is 0 Å². The highest BCUT2D eigenvalue weighted by atomic mass is 16.3. The fraction of sp³-hybridized carbons (Fsp3) is 0.571. The molecule has 1 unspecified atom stereocenters. The van der Waals surface area contributed by atoms with Crippen LogP contribution < -0.4 is 0 Å². The summed E-state index contributed by atoms with van der Waals surface area (Å²) in [7, 11) is 0. The van der Waals surface area contributed by atoms with Gasteiger partial charge in [-0.2, -0.15) is 0 Å². The van der Waals surface area contributed by atoms with E-state index in [1.807, 2.05) is 25.1 Å². The molecule has 0 radical (unpaired) electrons. The van der Waals surface area contributed by atoms with E-state index in [0.717, 1.165) is 13.0 Å². The molecule has 17 heavy (non-hydrogen) atoms. The quantitative estimate of drug-likeness (QED) is 0.818. The molecule has 0 spiro atoms. The topological polar surface area (TPSA) is 43.7 Å². The van der Waals surface area contributed by atoms with Crippen molar-refractivity contribution in [3.8, 4) is 0 Å². The molecule has 0 amide bonds. The van der Waals surface area contributed by atoms with Gasteiger partial charge in [0.1, 0.15) is 6.23 Å². The first-order chi connectivity index (χ1) is 8.09. The minimum absolute atomic E-state index is 0.0880. The van der Waals surface area contributed by atoms with E-state index in [-0.39, 0.29) is 12.0 Å². The molecule has 1 aromatic rings. The largest absolute Gasteiger partial charge is 0.393 e. The van der Waals surface area contributed by atoms with E-state index in [9.17, 15) is 10.2 Å². The molecular formula is C14H21NO2. The monoisotopic (exact) mass is 235 g/mol. The first-order valence-corrected chi connectivity index (χ1v) is 6.25. The summed E-state index contributed by atoms with van der Waals surface area (Å²) in [5.74, 6) is -0.0880. The Balaban J connectivity index is 2.09. The Kier molecular flexibility index (Phi) is 3.82. The van der Waals surface area contributed by atoms with Crippen molar-refractivity contribution in [2.24, 2.45) is 5.92 Å². The van der Waals surface area contributed by atoms with Crippen molar-refractivity contribution in [3.05, 3.63) is 35.9 Å². The van der Waals surface area contributed by atoms with Crippen molar-refractivity contribution in [3.63, 3.8) is 0 Å². The first-order valence-electron chi connectivity index (χ1n) is 6.25. The number of likely N-dealkylation sites (tertiary alicyclic amines) is 1. The number of aliphatic hydroxyl groups is 2. The van der Waals surface area contributed by atoms with E-state index in [4.69, 9.17) is 0 Å². The number of piperidine rings is 1. The van der Waals surface area contributed by atoms with Gasteiger partial charge in [0, 0.05) is 18.5 Å². The maximum atomic E-state index is 10.2. The fourth-order valence-corrected chi connectivity index (χ4v) is 2.50. The van der Waals surface area contributed by atoms with Crippen molar-refractivity contribution in [1.82, 2.24) is 4.90 Å². The Bertz CT molecular complexity index is 354. The van der Waals surface area contributed by atoms with Gasteiger partial charge in [-0.05, 0) is 18.9 Å². The molecular weight excluding hydrogens is 214 g/mol. The summed E-state index contributed by atoms with van der Waals surface area (Å²) in [6.45, 7) is 4.70. The van der Waals surface area contributed by atoms with Gasteiger partial charge in [0.25, 0.3) is 0 Å². The van der Waals surface area contributed by atoms with Crippen LogP contribution in [0.15, 0.2) is 30.3 Å². The van der Waals surface area contributed by atoms with Gasteiger partial charge in [-0.25, -0.2) is 0 Å². The minimum Gasteiger partial charge on any atom is -0.393 e. The number of nitrogens with zero attached hydrogens (tertiary/aromatic N) is 1. The van der Waals surface area contributed by atoms with Crippen LogP contribution in [-0.4, -0.2) is 33.5 Å². The van der Waals surface area contributed by atoms with Crippen molar-refractivity contribution in [2.45, 2.75) is 45.2 Å². The standard InChI is InChI=1S/C14H21NO2/c1-10-8-13(16)11(2)14(17)15(10)9-12-6-4-3-5-7-12/h3-7,10-11,13-14,16-17H,8-9H2,1-2H3/t10-,11-,13+,14?/m1/s1. The predicted octanol–water partition coefficient (Wildman–Crippen LogP) is 1.60. The number of hydrogen-bond acceptors (Lipinski definition) is 3. The molecule has 3 heteroatoms. The van der Waals surface area contributed by atoms with Crippen LogP contribution in [0.5, 0.6) is 0 Å². The molecule has 1 fully saturated rings. The highest BCUT2D eigenvalue weighted by Gasteiger charge is 2.36. The second-order valence-electron chi connectivity index (χ2n) is 5.08. The van der Waals surface area contributed by atoms with E-state index in [1.54, 1.807) is 0 Å². The third kappa shape index (κ3) is 2.68. The maximum Gasteiger partial charge on any atom is 0.112 e. The SMILES string of the molecule is C[C@@H]1C[C@H](O)[C@@H](C)C(O)N1Cc1ccccc1. The molecule has 2 N–H and O–H groups in total. The Hall–Kier alpha value is -0.900. The van der Waals surface area contributed by atoms with Gasteiger partial charge in [0.2, 0.25) is 0 Å². The molecule has 94 valence electrons. The predicted molar refractivity (Wildman–Crippen MR) is 67.2 cm³/mol. The van der Waals surface area contributed by atoms with Gasteiger partial charge in [0.05, 0.1) is 6.10 Å². The lowest BCUT2D eigenvalue weighted by atomic mass is 9.89. The summed E-state index contributed by atoms with van der Waals surface area (Å²) >= 11 is 0. The molecule has 4 atom stereocenters. The van der Waals surface area contributed by atoms with Crippen molar-refractivity contribution >= 4 is 0 Å². The molecule has 1 saturated heterocycles. The first kappa shape index (κ1) is 12.6. The summed E-state index contributed by atoms with van der Waals surface area (Å²) < 4.78 is 0. The van der Waals surface area contributed by atoms with Gasteiger partial charge in [-0.15, -0.1) is 0 Å². The van der Waals surface area contributed by atoms with Crippen LogP contribution in [0, 0.1) is 5.92 Å². The number of benzene rings is 1. The molecule has 2 rings (SSSR count).